The number of rotatable bonds is 7. The van der Waals surface area contributed by atoms with Crippen LogP contribution in [0.1, 0.15) is 12.5 Å². The lowest BCUT2D eigenvalue weighted by Crippen LogP contribution is -2.38. The number of carbonyl (C=O) groups excluding carboxylic acids is 1. The van der Waals surface area contributed by atoms with Gasteiger partial charge in [-0.05, 0) is 23.9 Å². The molecule has 148 valence electrons. The zero-order valence-corrected chi connectivity index (χ0v) is 16.4. The first-order valence-electron chi connectivity index (χ1n) is 8.35. The fraction of sp³-hybridized carbons (Fsp3) is 0.278. The molecule has 1 atom stereocenters. The number of carbonyl (C=O) groups is 1. The van der Waals surface area contributed by atoms with Gasteiger partial charge >= 0.3 is 6.18 Å². The van der Waals surface area contributed by atoms with Crippen LogP contribution < -0.4 is 5.32 Å². The van der Waals surface area contributed by atoms with E-state index >= 15 is 0 Å². The topological polar surface area (TPSA) is 59.8 Å². The molecule has 0 saturated carbocycles. The van der Waals surface area contributed by atoms with E-state index in [9.17, 15) is 18.0 Å². The van der Waals surface area contributed by atoms with Gasteiger partial charge in [0.15, 0.2) is 11.0 Å². The van der Waals surface area contributed by atoms with E-state index in [4.69, 9.17) is 0 Å². The lowest BCUT2D eigenvalue weighted by atomic mass is 10.2. The van der Waals surface area contributed by atoms with Gasteiger partial charge in [-0.25, -0.2) is 0 Å². The van der Waals surface area contributed by atoms with Crippen LogP contribution in [-0.2, 0) is 11.3 Å². The zero-order chi connectivity index (χ0) is 20.1. The number of alkyl halides is 3. The number of hydrogen-bond acceptors (Lipinski definition) is 5. The molecular formula is C18H17F3N4OS2. The molecule has 2 aromatic heterocycles. The van der Waals surface area contributed by atoms with Crippen LogP contribution >= 0.6 is 23.1 Å². The van der Waals surface area contributed by atoms with Crippen molar-refractivity contribution in [2.75, 3.05) is 6.54 Å². The van der Waals surface area contributed by atoms with E-state index in [0.717, 1.165) is 22.2 Å². The minimum absolute atomic E-state index is 0.474. The molecule has 3 rings (SSSR count). The van der Waals surface area contributed by atoms with Gasteiger partial charge in [0.2, 0.25) is 5.91 Å². The first-order valence-corrected chi connectivity index (χ1v) is 10.1. The van der Waals surface area contributed by atoms with Gasteiger partial charge < -0.3 is 5.32 Å². The number of aromatic nitrogens is 3. The van der Waals surface area contributed by atoms with Gasteiger partial charge in [0.1, 0.15) is 6.54 Å². The van der Waals surface area contributed by atoms with Crippen LogP contribution in [0.15, 0.2) is 53.0 Å². The zero-order valence-electron chi connectivity index (χ0n) is 14.8. The van der Waals surface area contributed by atoms with Crippen LogP contribution in [0.5, 0.6) is 0 Å². The minimum Gasteiger partial charge on any atom is -0.346 e. The SMILES string of the molecule is CC(Sc1nnc(-c2cccs2)n1Cc1ccccc1)C(=O)NCC(F)(F)F. The molecule has 0 aliphatic heterocycles. The molecular weight excluding hydrogens is 409 g/mol. The summed E-state index contributed by atoms with van der Waals surface area (Å²) in [7, 11) is 0. The molecule has 0 saturated heterocycles. The Hall–Kier alpha value is -2.33. The second-order valence-electron chi connectivity index (χ2n) is 5.95. The maximum atomic E-state index is 12.3. The van der Waals surface area contributed by atoms with E-state index in [-0.39, 0.29) is 0 Å². The predicted octanol–water partition coefficient (Wildman–Crippen LogP) is 4.21. The highest BCUT2D eigenvalue weighted by Crippen LogP contribution is 2.30. The summed E-state index contributed by atoms with van der Waals surface area (Å²) < 4.78 is 38.9. The summed E-state index contributed by atoms with van der Waals surface area (Å²) in [6.07, 6.45) is -4.44. The van der Waals surface area contributed by atoms with E-state index in [2.05, 4.69) is 10.2 Å². The Morgan fingerprint density at radius 2 is 1.96 bits per heavy atom. The Kier molecular flexibility index (Phi) is 6.40. The number of nitrogens with one attached hydrogen (secondary N) is 1. The summed E-state index contributed by atoms with van der Waals surface area (Å²) >= 11 is 2.59. The maximum Gasteiger partial charge on any atom is 0.405 e. The summed E-state index contributed by atoms with van der Waals surface area (Å²) in [5.74, 6) is -0.0430. The van der Waals surface area contributed by atoms with Crippen molar-refractivity contribution < 1.29 is 18.0 Å². The standard InChI is InChI=1S/C18H17F3N4OS2/c1-12(16(26)22-11-18(19,20)21)28-17-24-23-15(14-8-5-9-27-14)25(17)10-13-6-3-2-4-7-13/h2-9,12H,10-11H2,1H3,(H,22,26). The predicted molar refractivity (Wildman–Crippen MR) is 103 cm³/mol. The van der Waals surface area contributed by atoms with Crippen LogP contribution in [0.2, 0.25) is 0 Å². The molecule has 1 unspecified atom stereocenters. The van der Waals surface area contributed by atoms with Crippen LogP contribution in [0.3, 0.4) is 0 Å². The van der Waals surface area contributed by atoms with E-state index in [1.807, 2.05) is 57.7 Å². The summed E-state index contributed by atoms with van der Waals surface area (Å²) in [5, 5.41) is 12.0. The third-order valence-corrected chi connectivity index (χ3v) is 5.70. The third kappa shape index (κ3) is 5.35. The smallest absolute Gasteiger partial charge is 0.346 e. The van der Waals surface area contributed by atoms with Crippen molar-refractivity contribution in [2.45, 2.75) is 30.1 Å². The first kappa shape index (κ1) is 20.4. The van der Waals surface area contributed by atoms with Crippen LogP contribution in [0, 0.1) is 0 Å². The molecule has 28 heavy (non-hydrogen) atoms. The van der Waals surface area contributed by atoms with Gasteiger partial charge in [0, 0.05) is 0 Å². The second kappa shape index (κ2) is 8.78. The van der Waals surface area contributed by atoms with E-state index in [0.29, 0.717) is 17.5 Å². The Bertz CT molecular complexity index is 911. The normalized spacial score (nSPS) is 12.7. The minimum atomic E-state index is -4.44. The number of halogens is 3. The maximum absolute atomic E-state index is 12.3. The highest BCUT2D eigenvalue weighted by Gasteiger charge is 2.29. The average Bonchev–Trinajstić information content (AvgIpc) is 3.30. The lowest BCUT2D eigenvalue weighted by molar-refractivity contribution is -0.137. The molecule has 0 aliphatic carbocycles. The molecule has 3 aromatic rings. The number of amides is 1. The van der Waals surface area contributed by atoms with E-state index in [1.165, 1.54) is 11.3 Å². The average molecular weight is 426 g/mol. The monoisotopic (exact) mass is 426 g/mol. The summed E-state index contributed by atoms with van der Waals surface area (Å²) in [5.41, 5.74) is 1.02. The molecule has 0 radical (unpaired) electrons. The van der Waals surface area contributed by atoms with Crippen LogP contribution in [0.4, 0.5) is 13.2 Å². The Morgan fingerprint density at radius 3 is 2.61 bits per heavy atom. The van der Waals surface area contributed by atoms with Crippen molar-refractivity contribution in [3.8, 4) is 10.7 Å². The van der Waals surface area contributed by atoms with Gasteiger partial charge in [0.25, 0.3) is 0 Å². The summed E-state index contributed by atoms with van der Waals surface area (Å²) in [4.78, 5) is 12.9. The van der Waals surface area contributed by atoms with Gasteiger partial charge in [-0.15, -0.1) is 21.5 Å². The molecule has 0 fully saturated rings. The van der Waals surface area contributed by atoms with Gasteiger partial charge in [-0.1, -0.05) is 48.2 Å². The largest absolute Gasteiger partial charge is 0.405 e. The van der Waals surface area contributed by atoms with Gasteiger partial charge in [-0.2, -0.15) is 13.2 Å². The quantitative estimate of drug-likeness (QED) is 0.575. The summed E-state index contributed by atoms with van der Waals surface area (Å²) in [6, 6.07) is 13.5. The first-order chi connectivity index (χ1) is 13.3. The second-order valence-corrected chi connectivity index (χ2v) is 8.20. The number of benzene rings is 1. The lowest BCUT2D eigenvalue weighted by Gasteiger charge is -2.14. The van der Waals surface area contributed by atoms with Crippen molar-refractivity contribution in [1.29, 1.82) is 0 Å². The molecule has 0 bridgehead atoms. The molecule has 5 nitrogen and oxygen atoms in total. The number of nitrogens with zero attached hydrogens (tertiary/aromatic N) is 3. The Balaban J connectivity index is 1.81. The molecule has 0 aliphatic rings. The Morgan fingerprint density at radius 1 is 1.21 bits per heavy atom. The number of thioether (sulfide) groups is 1. The summed E-state index contributed by atoms with van der Waals surface area (Å²) in [6.45, 7) is 0.677. The van der Waals surface area contributed by atoms with Gasteiger partial charge in [0.05, 0.1) is 16.7 Å². The van der Waals surface area contributed by atoms with Crippen LogP contribution in [-0.4, -0.2) is 38.6 Å². The molecule has 1 aromatic carbocycles. The van der Waals surface area contributed by atoms with E-state index < -0.39 is 23.9 Å². The molecule has 1 amide bonds. The highest BCUT2D eigenvalue weighted by atomic mass is 32.2. The molecule has 2 heterocycles. The molecule has 10 heteroatoms. The number of thiophene rings is 1. The van der Waals surface area contributed by atoms with Crippen molar-refractivity contribution >= 4 is 29.0 Å². The molecule has 1 N–H and O–H groups in total. The highest BCUT2D eigenvalue weighted by molar-refractivity contribution is 8.00. The van der Waals surface area contributed by atoms with Gasteiger partial charge in [-0.3, -0.25) is 9.36 Å². The van der Waals surface area contributed by atoms with Crippen molar-refractivity contribution in [1.82, 2.24) is 20.1 Å². The molecule has 0 spiro atoms. The van der Waals surface area contributed by atoms with E-state index in [1.54, 1.807) is 6.92 Å². The number of hydrogen-bond donors (Lipinski definition) is 1. The third-order valence-electron chi connectivity index (χ3n) is 3.76. The van der Waals surface area contributed by atoms with Crippen molar-refractivity contribution in [2.24, 2.45) is 0 Å². The van der Waals surface area contributed by atoms with Crippen molar-refractivity contribution in [3.63, 3.8) is 0 Å². The fourth-order valence-electron chi connectivity index (χ4n) is 2.42. The van der Waals surface area contributed by atoms with Crippen LogP contribution in [0.25, 0.3) is 10.7 Å². The Labute approximate surface area is 168 Å². The fourth-order valence-corrected chi connectivity index (χ4v) is 4.01. The van der Waals surface area contributed by atoms with Crippen molar-refractivity contribution in [3.05, 3.63) is 53.4 Å².